The van der Waals surface area contributed by atoms with Gasteiger partial charge in [-0.05, 0) is 35.8 Å². The molecule has 0 spiro atoms. The molecule has 7 heteroatoms. The smallest absolute Gasteiger partial charge is 0.251 e. The van der Waals surface area contributed by atoms with Crippen LogP contribution in [0.15, 0.2) is 14.7 Å². The number of nitrogens with one attached hydrogen (secondary N) is 1. The summed E-state index contributed by atoms with van der Waals surface area (Å²) in [6, 6.07) is 1.52. The maximum atomic E-state index is 11.8. The zero-order valence-electron chi connectivity index (χ0n) is 8.45. The molecule has 0 unspecified atom stereocenters. The van der Waals surface area contributed by atoms with E-state index in [2.05, 4.69) is 20.7 Å². The monoisotopic (exact) mass is 312 g/mol. The summed E-state index contributed by atoms with van der Waals surface area (Å²) in [7, 11) is -3.44. The molecule has 0 bridgehead atoms. The van der Waals surface area contributed by atoms with Crippen molar-refractivity contribution in [2.24, 2.45) is 5.73 Å². The molecule has 0 fully saturated rings. The minimum Gasteiger partial charge on any atom is -0.329 e. The van der Waals surface area contributed by atoms with E-state index in [0.29, 0.717) is 8.68 Å². The third kappa shape index (κ3) is 3.25. The highest BCUT2D eigenvalue weighted by atomic mass is 79.9. The van der Waals surface area contributed by atoms with Gasteiger partial charge in [0.15, 0.2) is 0 Å². The summed E-state index contributed by atoms with van der Waals surface area (Å²) in [6.07, 6.45) is 0. The summed E-state index contributed by atoms with van der Waals surface area (Å²) in [5.74, 6) is 0. The maximum absolute atomic E-state index is 11.8. The van der Waals surface area contributed by atoms with E-state index in [4.69, 9.17) is 5.73 Å². The first-order valence-corrected chi connectivity index (χ1v) is 7.44. The Morgan fingerprint density at radius 1 is 1.67 bits per heavy atom. The molecular formula is C8H13BrN2O2S2. The zero-order chi connectivity index (χ0) is 11.6. The van der Waals surface area contributed by atoms with Crippen molar-refractivity contribution in [2.75, 3.05) is 6.54 Å². The van der Waals surface area contributed by atoms with Crippen molar-refractivity contribution in [3.63, 3.8) is 0 Å². The van der Waals surface area contributed by atoms with Gasteiger partial charge in [-0.15, -0.1) is 11.3 Å². The van der Waals surface area contributed by atoms with Gasteiger partial charge in [-0.25, -0.2) is 13.1 Å². The Kier molecular flexibility index (Phi) is 4.30. The van der Waals surface area contributed by atoms with Gasteiger partial charge in [-0.1, -0.05) is 0 Å². The predicted octanol–water partition coefficient (Wildman–Crippen LogP) is 1.44. The molecule has 86 valence electrons. The second-order valence-corrected chi connectivity index (χ2v) is 7.27. The minimum absolute atomic E-state index is 0.260. The van der Waals surface area contributed by atoms with Crippen molar-refractivity contribution >= 4 is 37.3 Å². The Balaban J connectivity index is 3.01. The van der Waals surface area contributed by atoms with Gasteiger partial charge in [0.05, 0.1) is 0 Å². The van der Waals surface area contributed by atoms with Crippen molar-refractivity contribution in [2.45, 2.75) is 24.1 Å². The average molecular weight is 313 g/mol. The molecule has 0 amide bonds. The fraction of sp³-hybridized carbons (Fsp3) is 0.500. The number of sulfonamides is 1. The quantitative estimate of drug-likeness (QED) is 0.883. The molecule has 3 N–H and O–H groups in total. The highest BCUT2D eigenvalue weighted by molar-refractivity contribution is 9.10. The van der Waals surface area contributed by atoms with Gasteiger partial charge in [0.2, 0.25) is 0 Å². The Hall–Kier alpha value is 0.0500. The van der Waals surface area contributed by atoms with Crippen LogP contribution in [0.2, 0.25) is 0 Å². The predicted molar refractivity (Wildman–Crippen MR) is 65.6 cm³/mol. The van der Waals surface area contributed by atoms with E-state index in [-0.39, 0.29) is 12.6 Å². The number of aryl methyl sites for hydroxylation is 1. The number of nitrogens with two attached hydrogens (primary N) is 1. The summed E-state index contributed by atoms with van der Waals surface area (Å²) >= 11 is 4.46. The van der Waals surface area contributed by atoms with E-state index < -0.39 is 10.0 Å². The molecule has 0 aliphatic carbocycles. The van der Waals surface area contributed by atoms with Crippen LogP contribution in [0.1, 0.15) is 11.8 Å². The molecule has 0 saturated carbocycles. The summed E-state index contributed by atoms with van der Waals surface area (Å²) in [5.41, 5.74) is 5.37. The Morgan fingerprint density at radius 2 is 2.27 bits per heavy atom. The van der Waals surface area contributed by atoms with Crippen molar-refractivity contribution in [3.8, 4) is 0 Å². The third-order valence-corrected chi connectivity index (χ3v) is 6.06. The Morgan fingerprint density at radius 3 is 2.67 bits per heavy atom. The molecule has 15 heavy (non-hydrogen) atoms. The second-order valence-electron chi connectivity index (χ2n) is 3.25. The number of hydrogen-bond donors (Lipinski definition) is 2. The van der Waals surface area contributed by atoms with Crippen LogP contribution in [-0.2, 0) is 10.0 Å². The minimum atomic E-state index is -3.44. The van der Waals surface area contributed by atoms with E-state index in [1.54, 1.807) is 13.0 Å². The lowest BCUT2D eigenvalue weighted by Crippen LogP contribution is -2.37. The molecule has 0 radical (unpaired) electrons. The summed E-state index contributed by atoms with van der Waals surface area (Å²) in [5, 5.41) is 0. The van der Waals surface area contributed by atoms with Crippen LogP contribution in [-0.4, -0.2) is 21.0 Å². The lowest BCUT2D eigenvalue weighted by molar-refractivity contribution is 0.564. The van der Waals surface area contributed by atoms with Crippen LogP contribution in [0, 0.1) is 6.92 Å². The van der Waals surface area contributed by atoms with Crippen LogP contribution >= 0.6 is 27.3 Å². The van der Waals surface area contributed by atoms with E-state index in [9.17, 15) is 8.42 Å². The van der Waals surface area contributed by atoms with E-state index >= 15 is 0 Å². The van der Waals surface area contributed by atoms with E-state index in [0.717, 1.165) is 4.88 Å². The first-order chi connectivity index (χ1) is 6.86. The molecular weight excluding hydrogens is 300 g/mol. The SMILES string of the molecule is Cc1cc(Br)c(S(=O)(=O)N[C@@H](C)CN)s1. The Labute approximate surface area is 102 Å². The number of rotatable bonds is 4. The molecule has 4 nitrogen and oxygen atoms in total. The first kappa shape index (κ1) is 13.1. The molecule has 1 rings (SSSR count). The topological polar surface area (TPSA) is 72.2 Å². The Bertz CT molecular complexity index is 441. The number of thiophene rings is 1. The largest absolute Gasteiger partial charge is 0.329 e. The number of hydrogen-bond acceptors (Lipinski definition) is 4. The van der Waals surface area contributed by atoms with Crippen LogP contribution in [0.4, 0.5) is 0 Å². The van der Waals surface area contributed by atoms with Gasteiger partial charge < -0.3 is 5.73 Å². The van der Waals surface area contributed by atoms with Gasteiger partial charge in [0.25, 0.3) is 10.0 Å². The lowest BCUT2D eigenvalue weighted by atomic mass is 10.4. The van der Waals surface area contributed by atoms with Crippen molar-refractivity contribution < 1.29 is 8.42 Å². The van der Waals surface area contributed by atoms with Crippen molar-refractivity contribution in [1.29, 1.82) is 0 Å². The van der Waals surface area contributed by atoms with Crippen molar-refractivity contribution in [3.05, 3.63) is 15.4 Å². The first-order valence-electron chi connectivity index (χ1n) is 4.35. The van der Waals surface area contributed by atoms with E-state index in [1.165, 1.54) is 11.3 Å². The highest BCUT2D eigenvalue weighted by Gasteiger charge is 2.21. The van der Waals surface area contributed by atoms with Crippen molar-refractivity contribution in [1.82, 2.24) is 4.72 Å². The molecule has 1 aromatic heterocycles. The molecule has 1 aromatic rings. The number of halogens is 1. The van der Waals surface area contributed by atoms with Gasteiger partial charge in [-0.2, -0.15) is 0 Å². The van der Waals surface area contributed by atoms with Crippen LogP contribution in [0.3, 0.4) is 0 Å². The summed E-state index contributed by atoms with van der Waals surface area (Å²) < 4.78 is 27.1. The fourth-order valence-electron chi connectivity index (χ4n) is 1.01. The van der Waals surface area contributed by atoms with Crippen LogP contribution in [0.25, 0.3) is 0 Å². The third-order valence-electron chi connectivity index (χ3n) is 1.73. The molecule has 0 aliphatic rings. The van der Waals surface area contributed by atoms with Gasteiger partial charge in [0.1, 0.15) is 4.21 Å². The van der Waals surface area contributed by atoms with Gasteiger partial charge >= 0.3 is 0 Å². The molecule has 0 saturated heterocycles. The fourth-order valence-corrected chi connectivity index (χ4v) is 5.04. The lowest BCUT2D eigenvalue weighted by Gasteiger charge is -2.10. The zero-order valence-corrected chi connectivity index (χ0v) is 11.7. The van der Waals surface area contributed by atoms with E-state index in [1.807, 2.05) is 6.92 Å². The standard InChI is InChI=1S/C8H13BrN2O2S2/c1-5(4-10)11-15(12,13)8-7(9)3-6(2)14-8/h3,5,11H,4,10H2,1-2H3/t5-/m0/s1. The molecule has 0 aliphatic heterocycles. The van der Waals surface area contributed by atoms with Gasteiger partial charge in [0, 0.05) is 21.9 Å². The van der Waals surface area contributed by atoms with Crippen LogP contribution < -0.4 is 10.5 Å². The summed E-state index contributed by atoms with van der Waals surface area (Å²) in [4.78, 5) is 0.947. The normalized spacial score (nSPS) is 14.1. The van der Waals surface area contributed by atoms with Gasteiger partial charge in [-0.3, -0.25) is 0 Å². The highest BCUT2D eigenvalue weighted by Crippen LogP contribution is 2.30. The van der Waals surface area contributed by atoms with Crippen LogP contribution in [0.5, 0.6) is 0 Å². The summed E-state index contributed by atoms with van der Waals surface area (Å²) in [6.45, 7) is 3.87. The second kappa shape index (κ2) is 4.92. The maximum Gasteiger partial charge on any atom is 0.251 e. The molecule has 1 heterocycles. The molecule has 1 atom stereocenters. The molecule has 0 aromatic carbocycles. The average Bonchev–Trinajstić information content (AvgIpc) is 2.45.